The molecule has 0 spiro atoms. The standard InChI is InChI=1S/C12H16FNO2S/c1-12(2,3)17(15)14-8-9-7-10(16-4)5-6-11(9)13/h5-8H,1-4H3/t17-/m1/s1. The van der Waals surface area contributed by atoms with Crippen LogP contribution in [0.3, 0.4) is 0 Å². The lowest BCUT2D eigenvalue weighted by atomic mass is 10.2. The topological polar surface area (TPSA) is 44.6 Å². The number of nitrogens with zero attached hydrogens (tertiary/aromatic N) is 1. The van der Waals surface area contributed by atoms with Crippen molar-refractivity contribution in [2.45, 2.75) is 25.5 Å². The van der Waals surface area contributed by atoms with E-state index in [1.165, 1.54) is 31.5 Å². The molecule has 0 heterocycles. The zero-order chi connectivity index (χ0) is 13.1. The van der Waals surface area contributed by atoms with Gasteiger partial charge in [-0.3, -0.25) is 0 Å². The van der Waals surface area contributed by atoms with E-state index in [1.807, 2.05) is 20.8 Å². The number of hydrogen-bond acceptors (Lipinski definition) is 3. The van der Waals surface area contributed by atoms with Gasteiger partial charge in [0.2, 0.25) is 0 Å². The lowest BCUT2D eigenvalue weighted by Crippen LogP contribution is -2.25. The van der Waals surface area contributed by atoms with Gasteiger partial charge in [-0.25, -0.2) is 4.39 Å². The van der Waals surface area contributed by atoms with Crippen molar-refractivity contribution in [1.82, 2.24) is 0 Å². The van der Waals surface area contributed by atoms with Gasteiger partial charge in [0.1, 0.15) is 27.7 Å². The van der Waals surface area contributed by atoms with Crippen molar-refractivity contribution in [2.24, 2.45) is 4.40 Å². The summed E-state index contributed by atoms with van der Waals surface area (Å²) in [4.78, 5) is 0. The fourth-order valence-electron chi connectivity index (χ4n) is 1.01. The molecule has 0 bridgehead atoms. The van der Waals surface area contributed by atoms with Crippen molar-refractivity contribution in [1.29, 1.82) is 0 Å². The van der Waals surface area contributed by atoms with Crippen molar-refractivity contribution in [2.75, 3.05) is 7.11 Å². The molecule has 0 aliphatic rings. The molecule has 1 aromatic rings. The summed E-state index contributed by atoms with van der Waals surface area (Å²) in [5.74, 6) is 0.120. The smallest absolute Gasteiger partial charge is 0.144 e. The molecule has 0 aromatic heterocycles. The molecular weight excluding hydrogens is 241 g/mol. The quantitative estimate of drug-likeness (QED) is 0.617. The summed E-state index contributed by atoms with van der Waals surface area (Å²) in [7, 11) is 1.50. The Morgan fingerprint density at radius 1 is 1.41 bits per heavy atom. The third kappa shape index (κ3) is 4.02. The van der Waals surface area contributed by atoms with Crippen molar-refractivity contribution in [3.63, 3.8) is 0 Å². The molecule has 94 valence electrons. The third-order valence-corrected chi connectivity index (χ3v) is 3.36. The van der Waals surface area contributed by atoms with Gasteiger partial charge in [-0.15, -0.1) is 0 Å². The van der Waals surface area contributed by atoms with Crippen LogP contribution in [-0.4, -0.2) is 22.6 Å². The molecular formula is C12H16FNO2S. The summed E-state index contributed by atoms with van der Waals surface area (Å²) >= 11 is -1.39. The summed E-state index contributed by atoms with van der Waals surface area (Å²) in [5, 5.41) is 0. The normalized spacial score (nSPS) is 14.0. The Labute approximate surface area is 104 Å². The van der Waals surface area contributed by atoms with Crippen LogP contribution < -0.4 is 4.74 Å². The first-order valence-corrected chi connectivity index (χ1v) is 6.25. The summed E-state index contributed by atoms with van der Waals surface area (Å²) in [6.07, 6.45) is 1.28. The van der Waals surface area contributed by atoms with Crippen molar-refractivity contribution in [3.05, 3.63) is 29.6 Å². The molecule has 0 amide bonds. The second-order valence-corrected chi connectivity index (χ2v) is 6.42. The molecule has 0 saturated heterocycles. The number of methoxy groups -OCH3 is 1. The van der Waals surface area contributed by atoms with Gasteiger partial charge in [-0.05, 0) is 39.0 Å². The number of halogens is 1. The Balaban J connectivity index is 2.91. The highest BCUT2D eigenvalue weighted by molar-refractivity contribution is 7.91. The monoisotopic (exact) mass is 257 g/mol. The van der Waals surface area contributed by atoms with Crippen LogP contribution in [0.4, 0.5) is 4.39 Å². The summed E-state index contributed by atoms with van der Waals surface area (Å²) < 4.78 is 33.5. The largest absolute Gasteiger partial charge is 0.591 e. The molecule has 17 heavy (non-hydrogen) atoms. The van der Waals surface area contributed by atoms with Crippen LogP contribution in [0.25, 0.3) is 0 Å². The minimum atomic E-state index is -1.39. The molecule has 1 rings (SSSR count). The van der Waals surface area contributed by atoms with E-state index in [-0.39, 0.29) is 5.56 Å². The van der Waals surface area contributed by atoms with E-state index in [0.29, 0.717) is 5.75 Å². The SMILES string of the molecule is COc1ccc(F)c(C=N[S@+]([O-])C(C)(C)C)c1. The minimum Gasteiger partial charge on any atom is -0.591 e. The van der Waals surface area contributed by atoms with E-state index in [2.05, 4.69) is 4.40 Å². The van der Waals surface area contributed by atoms with Crippen LogP contribution >= 0.6 is 0 Å². The maximum atomic E-state index is 13.4. The molecule has 0 aliphatic carbocycles. The number of hydrogen-bond donors (Lipinski definition) is 0. The second kappa shape index (κ2) is 5.51. The van der Waals surface area contributed by atoms with Crippen LogP contribution in [0.1, 0.15) is 26.3 Å². The van der Waals surface area contributed by atoms with Crippen molar-refractivity contribution >= 4 is 17.6 Å². The minimum absolute atomic E-state index is 0.266. The Kier molecular flexibility index (Phi) is 4.54. The van der Waals surface area contributed by atoms with Crippen LogP contribution in [0.5, 0.6) is 5.75 Å². The Morgan fingerprint density at radius 3 is 2.59 bits per heavy atom. The Morgan fingerprint density at radius 2 is 2.06 bits per heavy atom. The van der Waals surface area contributed by atoms with Crippen LogP contribution in [0.2, 0.25) is 0 Å². The average molecular weight is 257 g/mol. The van der Waals surface area contributed by atoms with E-state index >= 15 is 0 Å². The molecule has 0 fully saturated rings. The van der Waals surface area contributed by atoms with E-state index in [0.717, 1.165) is 0 Å². The zero-order valence-electron chi connectivity index (χ0n) is 10.4. The first-order valence-electron chi connectivity index (χ1n) is 5.14. The number of rotatable bonds is 3. The fourth-order valence-corrected chi connectivity index (χ4v) is 1.54. The molecule has 0 aliphatic heterocycles. The van der Waals surface area contributed by atoms with E-state index in [4.69, 9.17) is 4.74 Å². The van der Waals surface area contributed by atoms with E-state index < -0.39 is 21.9 Å². The molecule has 1 aromatic carbocycles. The van der Waals surface area contributed by atoms with Gasteiger partial charge >= 0.3 is 0 Å². The average Bonchev–Trinajstić information content (AvgIpc) is 2.26. The maximum absolute atomic E-state index is 13.4. The van der Waals surface area contributed by atoms with Crippen LogP contribution in [0, 0.1) is 5.82 Å². The molecule has 0 N–H and O–H groups in total. The zero-order valence-corrected chi connectivity index (χ0v) is 11.2. The van der Waals surface area contributed by atoms with Gasteiger partial charge in [0.15, 0.2) is 0 Å². The predicted octanol–water partition coefficient (Wildman–Crippen LogP) is 2.72. The summed E-state index contributed by atoms with van der Waals surface area (Å²) in [6, 6.07) is 4.33. The number of benzene rings is 1. The van der Waals surface area contributed by atoms with Crippen LogP contribution in [0.15, 0.2) is 22.6 Å². The van der Waals surface area contributed by atoms with Gasteiger partial charge in [0.25, 0.3) is 0 Å². The number of ether oxygens (including phenoxy) is 1. The molecule has 0 unspecified atom stereocenters. The van der Waals surface area contributed by atoms with Crippen LogP contribution in [-0.2, 0) is 11.4 Å². The van der Waals surface area contributed by atoms with Gasteiger partial charge in [-0.2, -0.15) is 0 Å². The highest BCUT2D eigenvalue weighted by Gasteiger charge is 2.25. The second-order valence-electron chi connectivity index (χ2n) is 4.48. The van der Waals surface area contributed by atoms with Crippen molar-refractivity contribution in [3.8, 4) is 5.75 Å². The first kappa shape index (κ1) is 14.0. The molecule has 5 heteroatoms. The third-order valence-electron chi connectivity index (χ3n) is 2.01. The Hall–Kier alpha value is -1.07. The lowest BCUT2D eigenvalue weighted by molar-refractivity contribution is 0.413. The van der Waals surface area contributed by atoms with Gasteiger partial charge in [-0.1, -0.05) is 4.40 Å². The van der Waals surface area contributed by atoms with E-state index in [9.17, 15) is 8.94 Å². The maximum Gasteiger partial charge on any atom is 0.144 e. The lowest BCUT2D eigenvalue weighted by Gasteiger charge is -2.17. The fraction of sp³-hybridized carbons (Fsp3) is 0.417. The summed E-state index contributed by atoms with van der Waals surface area (Å²) in [6.45, 7) is 5.42. The Bertz CT molecular complexity index is 415. The molecule has 0 saturated carbocycles. The van der Waals surface area contributed by atoms with E-state index in [1.54, 1.807) is 0 Å². The summed E-state index contributed by atoms with van der Waals surface area (Å²) in [5.41, 5.74) is 0.266. The van der Waals surface area contributed by atoms with Crippen molar-refractivity contribution < 1.29 is 13.7 Å². The van der Waals surface area contributed by atoms with Gasteiger partial charge in [0, 0.05) is 5.56 Å². The predicted molar refractivity (Wildman–Crippen MR) is 68.4 cm³/mol. The highest BCUT2D eigenvalue weighted by Crippen LogP contribution is 2.18. The highest BCUT2D eigenvalue weighted by atomic mass is 32.2. The molecule has 1 atom stereocenters. The van der Waals surface area contributed by atoms with Gasteiger partial charge in [0.05, 0.1) is 13.3 Å². The van der Waals surface area contributed by atoms with Gasteiger partial charge < -0.3 is 9.29 Å². The first-order chi connectivity index (χ1) is 7.84. The molecule has 0 radical (unpaired) electrons. The molecule has 3 nitrogen and oxygen atoms in total.